The van der Waals surface area contributed by atoms with E-state index in [0.29, 0.717) is 19.8 Å². The third kappa shape index (κ3) is 7.84. The molecule has 0 aliphatic heterocycles. The van der Waals surface area contributed by atoms with Gasteiger partial charge in [-0.15, -0.1) is 0 Å². The zero-order valence-corrected chi connectivity index (χ0v) is 5.38. The van der Waals surface area contributed by atoms with Crippen LogP contribution in [0.3, 0.4) is 0 Å². The standard InChI is InChI=1S/C5H13NO3/c6-1-3-8-5-9-4-2-7/h7H,1-6H2. The fourth-order valence-electron chi connectivity index (χ4n) is 0.325. The number of hydrogen-bond donors (Lipinski definition) is 2. The van der Waals surface area contributed by atoms with Crippen molar-refractivity contribution in [2.45, 2.75) is 0 Å². The lowest BCUT2D eigenvalue weighted by Gasteiger charge is -2.01. The first-order valence-corrected chi connectivity index (χ1v) is 2.88. The topological polar surface area (TPSA) is 64.7 Å². The van der Waals surface area contributed by atoms with Crippen molar-refractivity contribution in [2.75, 3.05) is 33.2 Å². The van der Waals surface area contributed by atoms with Crippen molar-refractivity contribution in [3.63, 3.8) is 0 Å². The van der Waals surface area contributed by atoms with Crippen LogP contribution in [0.2, 0.25) is 0 Å². The van der Waals surface area contributed by atoms with E-state index in [9.17, 15) is 0 Å². The van der Waals surface area contributed by atoms with Gasteiger partial charge >= 0.3 is 0 Å². The summed E-state index contributed by atoms with van der Waals surface area (Å²) in [6.07, 6.45) is 0. The maximum atomic E-state index is 8.22. The first kappa shape index (κ1) is 8.84. The molecule has 0 saturated carbocycles. The van der Waals surface area contributed by atoms with Crippen LogP contribution in [0.25, 0.3) is 0 Å². The summed E-state index contributed by atoms with van der Waals surface area (Å²) in [5.74, 6) is 0. The van der Waals surface area contributed by atoms with Gasteiger partial charge in [-0.2, -0.15) is 0 Å². The summed E-state index contributed by atoms with van der Waals surface area (Å²) in [6, 6.07) is 0. The monoisotopic (exact) mass is 135 g/mol. The number of nitrogens with two attached hydrogens (primary N) is 1. The zero-order valence-electron chi connectivity index (χ0n) is 5.38. The van der Waals surface area contributed by atoms with Gasteiger partial charge in [0.2, 0.25) is 0 Å². The molecule has 4 nitrogen and oxygen atoms in total. The molecule has 4 heteroatoms. The third-order valence-electron chi connectivity index (χ3n) is 0.664. The lowest BCUT2D eigenvalue weighted by atomic mass is 10.7. The number of hydrogen-bond acceptors (Lipinski definition) is 4. The maximum Gasteiger partial charge on any atom is 0.146 e. The Morgan fingerprint density at radius 1 is 1.22 bits per heavy atom. The van der Waals surface area contributed by atoms with Crippen LogP contribution < -0.4 is 5.73 Å². The maximum absolute atomic E-state index is 8.22. The van der Waals surface area contributed by atoms with E-state index in [1.54, 1.807) is 0 Å². The Bertz CT molecular complexity index is 45.5. The van der Waals surface area contributed by atoms with Crippen molar-refractivity contribution in [3.8, 4) is 0 Å². The van der Waals surface area contributed by atoms with Gasteiger partial charge in [-0.05, 0) is 0 Å². The van der Waals surface area contributed by atoms with Crippen LogP contribution in [0.4, 0.5) is 0 Å². The highest BCUT2D eigenvalue weighted by Crippen LogP contribution is 1.75. The molecule has 9 heavy (non-hydrogen) atoms. The lowest BCUT2D eigenvalue weighted by molar-refractivity contribution is -0.0597. The molecule has 0 aromatic carbocycles. The fraction of sp³-hybridized carbons (Fsp3) is 1.00. The van der Waals surface area contributed by atoms with Gasteiger partial charge in [0.15, 0.2) is 0 Å². The molecule has 0 unspecified atom stereocenters. The van der Waals surface area contributed by atoms with E-state index in [2.05, 4.69) is 0 Å². The molecule has 0 saturated heterocycles. The molecule has 0 aromatic rings. The van der Waals surface area contributed by atoms with Gasteiger partial charge in [-0.3, -0.25) is 0 Å². The van der Waals surface area contributed by atoms with Gasteiger partial charge in [-0.1, -0.05) is 0 Å². The van der Waals surface area contributed by atoms with Crippen LogP contribution in [0.15, 0.2) is 0 Å². The highest BCUT2D eigenvalue weighted by atomic mass is 16.7. The van der Waals surface area contributed by atoms with E-state index >= 15 is 0 Å². The van der Waals surface area contributed by atoms with Crippen molar-refractivity contribution in [2.24, 2.45) is 5.73 Å². The Balaban J connectivity index is 2.60. The summed E-state index contributed by atoms with van der Waals surface area (Å²) in [5.41, 5.74) is 5.11. The molecule has 0 spiro atoms. The Labute approximate surface area is 54.6 Å². The number of aliphatic hydroxyl groups excluding tert-OH is 1. The predicted octanol–water partition coefficient (Wildman–Crippen LogP) is -1.07. The van der Waals surface area contributed by atoms with E-state index in [0.717, 1.165) is 0 Å². The van der Waals surface area contributed by atoms with Crippen molar-refractivity contribution < 1.29 is 14.6 Å². The first-order valence-electron chi connectivity index (χ1n) is 2.88. The summed E-state index contributed by atoms with van der Waals surface area (Å²) in [4.78, 5) is 0. The summed E-state index contributed by atoms with van der Waals surface area (Å²) in [5, 5.41) is 8.22. The average molecular weight is 135 g/mol. The summed E-state index contributed by atoms with van der Waals surface area (Å²) >= 11 is 0. The molecule has 0 bridgehead atoms. The van der Waals surface area contributed by atoms with E-state index in [-0.39, 0.29) is 13.4 Å². The SMILES string of the molecule is NCCOCOCCO. The number of ether oxygens (including phenoxy) is 2. The summed E-state index contributed by atoms with van der Waals surface area (Å²) < 4.78 is 9.58. The highest BCUT2D eigenvalue weighted by Gasteiger charge is 1.83. The van der Waals surface area contributed by atoms with Crippen molar-refractivity contribution in [1.29, 1.82) is 0 Å². The van der Waals surface area contributed by atoms with Gasteiger partial charge in [0.25, 0.3) is 0 Å². The number of rotatable bonds is 6. The normalized spacial score (nSPS) is 10.0. The molecule has 0 rings (SSSR count). The molecule has 0 aliphatic rings. The molecule has 56 valence electrons. The molecule has 0 atom stereocenters. The van der Waals surface area contributed by atoms with E-state index in [1.807, 2.05) is 0 Å². The molecule has 0 amide bonds. The Hall–Kier alpha value is -0.160. The zero-order chi connectivity index (χ0) is 6.95. The molecule has 0 aliphatic carbocycles. The van der Waals surface area contributed by atoms with Gasteiger partial charge < -0.3 is 20.3 Å². The molecule has 0 aromatic heterocycles. The second-order valence-electron chi connectivity index (χ2n) is 1.45. The van der Waals surface area contributed by atoms with Crippen LogP contribution >= 0.6 is 0 Å². The van der Waals surface area contributed by atoms with E-state index in [1.165, 1.54) is 0 Å². The summed E-state index contributed by atoms with van der Waals surface area (Å²) in [6.45, 7) is 1.59. The molecule has 0 radical (unpaired) electrons. The molecular weight excluding hydrogens is 122 g/mol. The molecule has 0 fully saturated rings. The smallest absolute Gasteiger partial charge is 0.146 e. The van der Waals surface area contributed by atoms with Crippen LogP contribution in [0.5, 0.6) is 0 Å². The molecular formula is C5H13NO3. The Morgan fingerprint density at radius 3 is 2.44 bits per heavy atom. The fourth-order valence-corrected chi connectivity index (χ4v) is 0.325. The largest absolute Gasteiger partial charge is 0.394 e. The third-order valence-corrected chi connectivity index (χ3v) is 0.664. The first-order chi connectivity index (χ1) is 4.41. The Morgan fingerprint density at radius 2 is 1.89 bits per heavy atom. The average Bonchev–Trinajstić information content (AvgIpc) is 1.89. The van der Waals surface area contributed by atoms with Crippen molar-refractivity contribution in [3.05, 3.63) is 0 Å². The van der Waals surface area contributed by atoms with Crippen molar-refractivity contribution >= 4 is 0 Å². The van der Waals surface area contributed by atoms with Gasteiger partial charge in [-0.25, -0.2) is 0 Å². The minimum Gasteiger partial charge on any atom is -0.394 e. The van der Waals surface area contributed by atoms with E-state index in [4.69, 9.17) is 20.3 Å². The predicted molar refractivity (Wildman–Crippen MR) is 32.9 cm³/mol. The summed E-state index contributed by atoms with van der Waals surface area (Å²) in [7, 11) is 0. The number of aliphatic hydroxyl groups is 1. The Kier molecular flexibility index (Phi) is 7.70. The molecule has 3 N–H and O–H groups in total. The minimum absolute atomic E-state index is 0.0337. The van der Waals surface area contributed by atoms with Crippen LogP contribution in [0.1, 0.15) is 0 Å². The van der Waals surface area contributed by atoms with Gasteiger partial charge in [0, 0.05) is 6.54 Å². The quantitative estimate of drug-likeness (QED) is 0.359. The second kappa shape index (κ2) is 7.84. The van der Waals surface area contributed by atoms with Crippen LogP contribution in [-0.4, -0.2) is 38.3 Å². The van der Waals surface area contributed by atoms with E-state index < -0.39 is 0 Å². The van der Waals surface area contributed by atoms with Crippen molar-refractivity contribution in [1.82, 2.24) is 0 Å². The lowest BCUT2D eigenvalue weighted by Crippen LogP contribution is -2.11. The second-order valence-corrected chi connectivity index (χ2v) is 1.45. The van der Waals surface area contributed by atoms with Gasteiger partial charge in [0.05, 0.1) is 19.8 Å². The van der Waals surface area contributed by atoms with Crippen LogP contribution in [-0.2, 0) is 9.47 Å². The highest BCUT2D eigenvalue weighted by molar-refractivity contribution is 4.25. The minimum atomic E-state index is 0.0337. The molecule has 0 heterocycles. The van der Waals surface area contributed by atoms with Crippen LogP contribution in [0, 0.1) is 0 Å². The van der Waals surface area contributed by atoms with Gasteiger partial charge in [0.1, 0.15) is 6.79 Å².